The van der Waals surface area contributed by atoms with E-state index in [9.17, 15) is 4.79 Å². The van der Waals surface area contributed by atoms with Crippen molar-refractivity contribution in [3.05, 3.63) is 35.9 Å². The van der Waals surface area contributed by atoms with Crippen molar-refractivity contribution in [2.24, 2.45) is 17.8 Å². The van der Waals surface area contributed by atoms with E-state index in [1.54, 1.807) is 0 Å². The second-order valence-corrected chi connectivity index (χ2v) is 8.92. The van der Waals surface area contributed by atoms with Crippen LogP contribution in [0.1, 0.15) is 52.0 Å². The fraction of sp³-hybridized carbons (Fsp3) is 0.696. The van der Waals surface area contributed by atoms with E-state index in [4.69, 9.17) is 4.74 Å². The van der Waals surface area contributed by atoms with Crippen LogP contribution in [0.5, 0.6) is 0 Å². The van der Waals surface area contributed by atoms with Crippen molar-refractivity contribution < 1.29 is 9.53 Å². The molecular weight excluding hydrogens is 336 g/mol. The first kappa shape index (κ1) is 20.2. The second-order valence-electron chi connectivity index (χ2n) is 8.92. The van der Waals surface area contributed by atoms with Crippen molar-refractivity contribution in [2.45, 2.75) is 59.1 Å². The van der Waals surface area contributed by atoms with Gasteiger partial charge in [0.1, 0.15) is 6.61 Å². The summed E-state index contributed by atoms with van der Waals surface area (Å²) in [6, 6.07) is 10.3. The molecule has 1 aromatic carbocycles. The van der Waals surface area contributed by atoms with E-state index in [-0.39, 0.29) is 6.09 Å². The summed E-state index contributed by atoms with van der Waals surface area (Å²) in [6.07, 6.45) is 5.32. The molecule has 0 aromatic heterocycles. The molecule has 0 spiro atoms. The maximum absolute atomic E-state index is 12.6. The quantitative estimate of drug-likeness (QED) is 0.745. The molecule has 1 aliphatic carbocycles. The predicted molar refractivity (Wildman–Crippen MR) is 110 cm³/mol. The number of amides is 1. The summed E-state index contributed by atoms with van der Waals surface area (Å²) < 4.78 is 5.56. The average Bonchev–Trinajstić information content (AvgIpc) is 2.69. The Labute approximate surface area is 164 Å². The zero-order valence-corrected chi connectivity index (χ0v) is 17.3. The highest BCUT2D eigenvalue weighted by molar-refractivity contribution is 5.67. The number of benzene rings is 1. The topological polar surface area (TPSA) is 32.8 Å². The molecule has 27 heavy (non-hydrogen) atoms. The van der Waals surface area contributed by atoms with Crippen LogP contribution in [-0.4, -0.2) is 48.1 Å². The third-order valence-corrected chi connectivity index (χ3v) is 6.39. The molecule has 0 bridgehead atoms. The maximum atomic E-state index is 12.6. The van der Waals surface area contributed by atoms with Crippen LogP contribution in [0, 0.1) is 17.8 Å². The van der Waals surface area contributed by atoms with Gasteiger partial charge in [-0.1, -0.05) is 63.9 Å². The van der Waals surface area contributed by atoms with Gasteiger partial charge in [0.05, 0.1) is 0 Å². The highest BCUT2D eigenvalue weighted by Crippen LogP contribution is 2.30. The lowest BCUT2D eigenvalue weighted by atomic mass is 9.82. The molecule has 1 aliphatic heterocycles. The van der Waals surface area contributed by atoms with Gasteiger partial charge in [-0.2, -0.15) is 0 Å². The number of carbonyl (C=O) groups excluding carboxylic acids is 1. The summed E-state index contributed by atoms with van der Waals surface area (Å²) in [5.41, 5.74) is 1.04. The van der Waals surface area contributed by atoms with Gasteiger partial charge in [-0.15, -0.1) is 0 Å². The number of hydrogen-bond acceptors (Lipinski definition) is 3. The lowest BCUT2D eigenvalue weighted by molar-refractivity contribution is 0.0221. The van der Waals surface area contributed by atoms with E-state index in [0.717, 1.165) is 37.0 Å². The van der Waals surface area contributed by atoms with Gasteiger partial charge in [-0.05, 0) is 36.2 Å². The normalized spacial score (nSPS) is 27.0. The molecule has 1 heterocycles. The molecule has 1 atom stereocenters. The fourth-order valence-electron chi connectivity index (χ4n) is 4.53. The van der Waals surface area contributed by atoms with Gasteiger partial charge in [0.25, 0.3) is 0 Å². The lowest BCUT2D eigenvalue weighted by Crippen LogP contribution is -2.57. The van der Waals surface area contributed by atoms with E-state index in [0.29, 0.717) is 18.6 Å². The Morgan fingerprint density at radius 2 is 1.81 bits per heavy atom. The maximum Gasteiger partial charge on any atom is 0.410 e. The smallest absolute Gasteiger partial charge is 0.410 e. The largest absolute Gasteiger partial charge is 0.445 e. The highest BCUT2D eigenvalue weighted by Gasteiger charge is 2.33. The Morgan fingerprint density at radius 1 is 1.11 bits per heavy atom. The van der Waals surface area contributed by atoms with E-state index in [1.807, 2.05) is 35.2 Å². The van der Waals surface area contributed by atoms with Gasteiger partial charge in [-0.3, -0.25) is 4.90 Å². The van der Waals surface area contributed by atoms with E-state index >= 15 is 0 Å². The molecule has 0 N–H and O–H groups in total. The zero-order chi connectivity index (χ0) is 19.2. The minimum atomic E-state index is -0.171. The molecule has 2 fully saturated rings. The van der Waals surface area contributed by atoms with Gasteiger partial charge in [0, 0.05) is 32.2 Å². The van der Waals surface area contributed by atoms with Crippen LogP contribution in [0.15, 0.2) is 30.3 Å². The van der Waals surface area contributed by atoms with Gasteiger partial charge in [0.15, 0.2) is 0 Å². The molecule has 0 unspecified atom stereocenters. The molecule has 150 valence electrons. The fourth-order valence-corrected chi connectivity index (χ4v) is 4.53. The minimum Gasteiger partial charge on any atom is -0.445 e. The SMILES string of the molecule is CC(C)[C@H]1CN(C(=O)OCc2ccccc2)CCN1C[C@H]1CC[C@@H](C)CC1. The number of ether oxygens (including phenoxy) is 1. The van der Waals surface area contributed by atoms with Crippen LogP contribution >= 0.6 is 0 Å². The monoisotopic (exact) mass is 372 g/mol. The summed E-state index contributed by atoms with van der Waals surface area (Å²) in [6.45, 7) is 11.0. The third-order valence-electron chi connectivity index (χ3n) is 6.39. The highest BCUT2D eigenvalue weighted by atomic mass is 16.6. The van der Waals surface area contributed by atoms with Crippen LogP contribution in [-0.2, 0) is 11.3 Å². The molecular formula is C23H36N2O2. The minimum absolute atomic E-state index is 0.171. The van der Waals surface area contributed by atoms with Crippen molar-refractivity contribution in [3.8, 4) is 0 Å². The summed E-state index contributed by atoms with van der Waals surface area (Å²) in [7, 11) is 0. The van der Waals surface area contributed by atoms with Crippen LogP contribution in [0.4, 0.5) is 4.79 Å². The Bertz CT molecular complexity index is 581. The molecule has 3 rings (SSSR count). The molecule has 4 nitrogen and oxygen atoms in total. The Balaban J connectivity index is 1.51. The van der Waals surface area contributed by atoms with E-state index in [2.05, 4.69) is 25.7 Å². The molecule has 1 aromatic rings. The molecule has 2 aliphatic rings. The summed E-state index contributed by atoms with van der Waals surface area (Å²) in [5, 5.41) is 0. The Morgan fingerprint density at radius 3 is 2.48 bits per heavy atom. The van der Waals surface area contributed by atoms with Crippen LogP contribution in [0.2, 0.25) is 0 Å². The first-order chi connectivity index (χ1) is 13.0. The van der Waals surface area contributed by atoms with Crippen molar-refractivity contribution >= 4 is 6.09 Å². The van der Waals surface area contributed by atoms with Crippen molar-refractivity contribution in [2.75, 3.05) is 26.2 Å². The number of hydrogen-bond donors (Lipinski definition) is 0. The average molecular weight is 373 g/mol. The summed E-state index contributed by atoms with van der Waals surface area (Å²) >= 11 is 0. The van der Waals surface area contributed by atoms with Gasteiger partial charge < -0.3 is 9.64 Å². The van der Waals surface area contributed by atoms with E-state index in [1.165, 1.54) is 32.2 Å². The van der Waals surface area contributed by atoms with Crippen molar-refractivity contribution in [1.82, 2.24) is 9.80 Å². The van der Waals surface area contributed by atoms with Crippen LogP contribution in [0.3, 0.4) is 0 Å². The number of carbonyl (C=O) groups is 1. The van der Waals surface area contributed by atoms with Gasteiger partial charge in [0.2, 0.25) is 0 Å². The van der Waals surface area contributed by atoms with Crippen LogP contribution in [0.25, 0.3) is 0 Å². The lowest BCUT2D eigenvalue weighted by Gasteiger charge is -2.44. The van der Waals surface area contributed by atoms with Crippen LogP contribution < -0.4 is 0 Å². The summed E-state index contributed by atoms with van der Waals surface area (Å²) in [4.78, 5) is 17.1. The van der Waals surface area contributed by atoms with E-state index < -0.39 is 0 Å². The predicted octanol–water partition coefficient (Wildman–Crippen LogP) is 4.79. The standard InChI is InChI=1S/C23H36N2O2/c1-18(2)22-16-25(23(26)27-17-21-7-5-4-6-8-21)14-13-24(22)15-20-11-9-19(3)10-12-20/h4-8,18-20,22H,9-17H2,1-3H3/t19-,20+,22-/m1/s1. The molecule has 1 saturated heterocycles. The van der Waals surface area contributed by atoms with Crippen molar-refractivity contribution in [3.63, 3.8) is 0 Å². The first-order valence-electron chi connectivity index (χ1n) is 10.7. The number of rotatable bonds is 5. The molecule has 1 amide bonds. The molecule has 4 heteroatoms. The Kier molecular flexibility index (Phi) is 7.17. The number of nitrogens with zero attached hydrogens (tertiary/aromatic N) is 2. The van der Waals surface area contributed by atoms with Gasteiger partial charge in [-0.25, -0.2) is 4.79 Å². The molecule has 1 saturated carbocycles. The Hall–Kier alpha value is -1.55. The number of piperazine rings is 1. The second kappa shape index (κ2) is 9.59. The third kappa shape index (κ3) is 5.71. The van der Waals surface area contributed by atoms with Gasteiger partial charge >= 0.3 is 6.09 Å². The summed E-state index contributed by atoms with van der Waals surface area (Å²) in [5.74, 6) is 2.27. The first-order valence-corrected chi connectivity index (χ1v) is 10.7. The van der Waals surface area contributed by atoms with Crippen molar-refractivity contribution in [1.29, 1.82) is 0 Å². The zero-order valence-electron chi connectivity index (χ0n) is 17.3. The molecule has 0 radical (unpaired) electrons.